The fourth-order valence-electron chi connectivity index (χ4n) is 2.45. The highest BCUT2D eigenvalue weighted by Gasteiger charge is 2.19. The second-order valence-corrected chi connectivity index (χ2v) is 4.89. The van der Waals surface area contributed by atoms with Crippen LogP contribution in [0.25, 0.3) is 0 Å². The van der Waals surface area contributed by atoms with E-state index in [4.69, 9.17) is 9.37 Å². The number of nitrogens with zero attached hydrogens (tertiary/aromatic N) is 3. The molecule has 0 atom stereocenters. The van der Waals surface area contributed by atoms with Gasteiger partial charge in [-0.05, 0) is 36.6 Å². The molecule has 0 saturated heterocycles. The van der Waals surface area contributed by atoms with E-state index < -0.39 is 0 Å². The van der Waals surface area contributed by atoms with Crippen LogP contribution in [0.1, 0.15) is 22.5 Å². The topological polar surface area (TPSA) is 51.4 Å². The lowest BCUT2D eigenvalue weighted by atomic mass is 9.99. The van der Waals surface area contributed by atoms with Gasteiger partial charge in [0.05, 0.1) is 7.11 Å². The van der Waals surface area contributed by atoms with Gasteiger partial charge in [0.1, 0.15) is 17.1 Å². The third-order valence-corrected chi connectivity index (χ3v) is 3.62. The van der Waals surface area contributed by atoms with Gasteiger partial charge in [0.2, 0.25) is 0 Å². The summed E-state index contributed by atoms with van der Waals surface area (Å²) in [5.74, 6) is 0.934. The first kappa shape index (κ1) is 12.2. The van der Waals surface area contributed by atoms with Gasteiger partial charge in [0.15, 0.2) is 0 Å². The van der Waals surface area contributed by atoms with Crippen molar-refractivity contribution in [1.82, 2.24) is 15.2 Å². The Kier molecular flexibility index (Phi) is 3.21. The minimum Gasteiger partial charge on any atom is -0.497 e. The number of aryl methyl sites for hydroxylation is 1. The number of ether oxygens (including phenoxy) is 1. The van der Waals surface area contributed by atoms with Crippen LogP contribution in [0.4, 0.5) is 0 Å². The van der Waals surface area contributed by atoms with Crippen LogP contribution in [0.5, 0.6) is 5.75 Å². The Balaban J connectivity index is 1.74. The Morgan fingerprint density at radius 3 is 2.95 bits per heavy atom. The summed E-state index contributed by atoms with van der Waals surface area (Å²) in [6, 6.07) is 6.30. The van der Waals surface area contributed by atoms with E-state index in [9.17, 15) is 0 Å². The second kappa shape index (κ2) is 5.01. The summed E-state index contributed by atoms with van der Waals surface area (Å²) < 4.78 is 10.0. The summed E-state index contributed by atoms with van der Waals surface area (Å²) in [4.78, 5) is 2.36. The standard InChI is InChI=1S/C14H17N3O2/c1-10-14(16-19-15-10)9-17-6-5-11-7-13(18-2)4-3-12(11)8-17/h3-4,7H,5-6,8-9H2,1-2H3. The molecule has 0 spiro atoms. The molecular weight excluding hydrogens is 242 g/mol. The summed E-state index contributed by atoms with van der Waals surface area (Å²) >= 11 is 0. The molecule has 0 radical (unpaired) electrons. The van der Waals surface area contributed by atoms with Gasteiger partial charge in [0, 0.05) is 19.6 Å². The molecule has 0 saturated carbocycles. The molecule has 19 heavy (non-hydrogen) atoms. The second-order valence-electron chi connectivity index (χ2n) is 4.89. The van der Waals surface area contributed by atoms with Crippen molar-refractivity contribution >= 4 is 0 Å². The summed E-state index contributed by atoms with van der Waals surface area (Å²) in [5.41, 5.74) is 4.55. The largest absolute Gasteiger partial charge is 0.497 e. The molecule has 0 N–H and O–H groups in total. The molecule has 1 aliphatic heterocycles. The minimum atomic E-state index is 0.792. The Bertz CT molecular complexity index is 580. The van der Waals surface area contributed by atoms with E-state index in [1.807, 2.05) is 13.0 Å². The first-order chi connectivity index (χ1) is 9.26. The quantitative estimate of drug-likeness (QED) is 0.843. The fourth-order valence-corrected chi connectivity index (χ4v) is 2.45. The monoisotopic (exact) mass is 259 g/mol. The van der Waals surface area contributed by atoms with Crippen LogP contribution in [-0.2, 0) is 19.5 Å². The Morgan fingerprint density at radius 1 is 1.32 bits per heavy atom. The normalized spacial score (nSPS) is 15.3. The molecule has 3 rings (SSSR count). The van der Waals surface area contributed by atoms with Crippen molar-refractivity contribution in [3.8, 4) is 5.75 Å². The van der Waals surface area contributed by atoms with Crippen molar-refractivity contribution in [3.05, 3.63) is 40.7 Å². The number of aromatic nitrogens is 2. The highest BCUT2D eigenvalue weighted by atomic mass is 16.6. The van der Waals surface area contributed by atoms with Gasteiger partial charge < -0.3 is 4.74 Å². The van der Waals surface area contributed by atoms with E-state index in [1.165, 1.54) is 11.1 Å². The zero-order valence-electron chi connectivity index (χ0n) is 11.2. The molecule has 0 unspecified atom stereocenters. The van der Waals surface area contributed by atoms with Crippen LogP contribution in [-0.4, -0.2) is 28.9 Å². The lowest BCUT2D eigenvalue weighted by Gasteiger charge is -2.28. The zero-order chi connectivity index (χ0) is 13.2. The van der Waals surface area contributed by atoms with E-state index in [0.717, 1.165) is 43.2 Å². The number of hydrogen-bond acceptors (Lipinski definition) is 5. The Morgan fingerprint density at radius 2 is 2.21 bits per heavy atom. The number of benzene rings is 1. The maximum absolute atomic E-state index is 5.26. The van der Waals surface area contributed by atoms with E-state index in [1.54, 1.807) is 7.11 Å². The Hall–Kier alpha value is -1.88. The van der Waals surface area contributed by atoms with Gasteiger partial charge in [0.25, 0.3) is 0 Å². The number of rotatable bonds is 3. The van der Waals surface area contributed by atoms with Gasteiger partial charge in [-0.1, -0.05) is 16.4 Å². The van der Waals surface area contributed by atoms with Crippen molar-refractivity contribution in [2.24, 2.45) is 0 Å². The zero-order valence-corrected chi connectivity index (χ0v) is 11.2. The summed E-state index contributed by atoms with van der Waals surface area (Å²) in [7, 11) is 1.71. The van der Waals surface area contributed by atoms with Crippen molar-refractivity contribution in [1.29, 1.82) is 0 Å². The van der Waals surface area contributed by atoms with Crippen LogP contribution >= 0.6 is 0 Å². The lowest BCUT2D eigenvalue weighted by molar-refractivity contribution is 0.233. The fraction of sp³-hybridized carbons (Fsp3) is 0.429. The summed E-state index contributed by atoms with van der Waals surface area (Å²) in [5, 5.41) is 7.77. The molecule has 2 heterocycles. The van der Waals surface area contributed by atoms with Gasteiger partial charge >= 0.3 is 0 Å². The van der Waals surface area contributed by atoms with Crippen molar-refractivity contribution in [3.63, 3.8) is 0 Å². The molecule has 0 bridgehead atoms. The molecule has 0 fully saturated rings. The van der Waals surface area contributed by atoms with Crippen molar-refractivity contribution in [2.45, 2.75) is 26.4 Å². The van der Waals surface area contributed by atoms with Crippen molar-refractivity contribution < 1.29 is 9.37 Å². The average molecular weight is 259 g/mol. The first-order valence-electron chi connectivity index (χ1n) is 6.42. The highest BCUT2D eigenvalue weighted by Crippen LogP contribution is 2.24. The molecule has 0 amide bonds. The average Bonchev–Trinajstić information content (AvgIpc) is 2.84. The maximum atomic E-state index is 5.26. The predicted molar refractivity (Wildman–Crippen MR) is 69.8 cm³/mol. The smallest absolute Gasteiger partial charge is 0.122 e. The van der Waals surface area contributed by atoms with Crippen LogP contribution < -0.4 is 4.74 Å². The minimum absolute atomic E-state index is 0.792. The Labute approximate surface area is 112 Å². The molecule has 5 heteroatoms. The molecule has 100 valence electrons. The number of hydrogen-bond donors (Lipinski definition) is 0. The molecule has 2 aromatic rings. The van der Waals surface area contributed by atoms with Crippen molar-refractivity contribution in [2.75, 3.05) is 13.7 Å². The van der Waals surface area contributed by atoms with Crippen LogP contribution in [0.15, 0.2) is 22.8 Å². The first-order valence-corrected chi connectivity index (χ1v) is 6.42. The maximum Gasteiger partial charge on any atom is 0.122 e. The molecule has 5 nitrogen and oxygen atoms in total. The summed E-state index contributed by atoms with van der Waals surface area (Å²) in [6.45, 7) is 4.67. The third-order valence-electron chi connectivity index (χ3n) is 3.62. The molecule has 0 aliphatic carbocycles. The summed E-state index contributed by atoms with van der Waals surface area (Å²) in [6.07, 6.45) is 1.04. The SMILES string of the molecule is COc1ccc2c(c1)CCN(Cc1nonc1C)C2. The molecule has 1 aliphatic rings. The number of fused-ring (bicyclic) bond motifs is 1. The van der Waals surface area contributed by atoms with Gasteiger partial charge in [-0.15, -0.1) is 0 Å². The van der Waals surface area contributed by atoms with Crippen LogP contribution in [0.2, 0.25) is 0 Å². The highest BCUT2D eigenvalue weighted by molar-refractivity contribution is 5.37. The lowest BCUT2D eigenvalue weighted by Crippen LogP contribution is -2.30. The number of methoxy groups -OCH3 is 1. The third kappa shape index (κ3) is 2.46. The van der Waals surface area contributed by atoms with Crippen LogP contribution in [0.3, 0.4) is 0 Å². The van der Waals surface area contributed by atoms with Gasteiger partial charge in [-0.2, -0.15) is 0 Å². The van der Waals surface area contributed by atoms with E-state index >= 15 is 0 Å². The van der Waals surface area contributed by atoms with E-state index in [-0.39, 0.29) is 0 Å². The van der Waals surface area contributed by atoms with Gasteiger partial charge in [-0.3, -0.25) is 4.90 Å². The van der Waals surface area contributed by atoms with Gasteiger partial charge in [-0.25, -0.2) is 4.63 Å². The predicted octanol–water partition coefficient (Wildman–Crippen LogP) is 1.94. The molecular formula is C14H17N3O2. The van der Waals surface area contributed by atoms with E-state index in [2.05, 4.69) is 27.3 Å². The molecule has 1 aromatic carbocycles. The van der Waals surface area contributed by atoms with E-state index in [0.29, 0.717) is 0 Å². The van der Waals surface area contributed by atoms with Crippen LogP contribution in [0, 0.1) is 6.92 Å². The molecule has 1 aromatic heterocycles.